The van der Waals surface area contributed by atoms with Crippen LogP contribution in [0.25, 0.3) is 0 Å². The lowest BCUT2D eigenvalue weighted by Gasteiger charge is -2.30. The monoisotopic (exact) mass is 289 g/mol. The summed E-state index contributed by atoms with van der Waals surface area (Å²) in [7, 11) is 0. The van der Waals surface area contributed by atoms with Gasteiger partial charge in [-0.2, -0.15) is 0 Å². The minimum absolute atomic E-state index is 0.164. The Bertz CT molecular complexity index is 527. The molecule has 3 heteroatoms. The number of nitrogens with zero attached hydrogens (tertiary/aromatic N) is 1. The van der Waals surface area contributed by atoms with Crippen molar-refractivity contribution in [3.63, 3.8) is 0 Å². The van der Waals surface area contributed by atoms with E-state index in [0.717, 1.165) is 29.8 Å². The molecule has 0 atom stereocenters. The summed E-state index contributed by atoms with van der Waals surface area (Å²) in [4.78, 5) is 13.9. The zero-order valence-electron chi connectivity index (χ0n) is 14.1. The molecule has 116 valence electrons. The summed E-state index contributed by atoms with van der Waals surface area (Å²) in [6, 6.07) is 3.96. The first-order valence-corrected chi connectivity index (χ1v) is 7.70. The maximum Gasteiger partial charge on any atom is 0.227 e. The van der Waals surface area contributed by atoms with Gasteiger partial charge in [-0.25, -0.2) is 0 Å². The summed E-state index contributed by atoms with van der Waals surface area (Å²) in [6.45, 7) is 13.3. The molecule has 0 saturated carbocycles. The van der Waals surface area contributed by atoms with Crippen LogP contribution in [0.5, 0.6) is 5.75 Å². The van der Waals surface area contributed by atoms with Gasteiger partial charge in [0, 0.05) is 29.8 Å². The number of amides is 1. The van der Waals surface area contributed by atoms with Crippen LogP contribution in [0.3, 0.4) is 0 Å². The number of phenols is 1. The topological polar surface area (TPSA) is 40.5 Å². The SMILES string of the molecule is CC(C)(C)c1cc(N2CCCC2=O)cc(C(C)(C)C)c1O. The number of benzene rings is 1. The molecule has 1 heterocycles. The van der Waals surface area contributed by atoms with E-state index in [2.05, 4.69) is 41.5 Å². The molecule has 1 aliphatic heterocycles. The highest BCUT2D eigenvalue weighted by Gasteiger charge is 2.30. The van der Waals surface area contributed by atoms with Gasteiger partial charge in [0.25, 0.3) is 0 Å². The van der Waals surface area contributed by atoms with E-state index in [1.54, 1.807) is 0 Å². The molecule has 3 nitrogen and oxygen atoms in total. The molecule has 1 aromatic carbocycles. The Balaban J connectivity index is 2.65. The first kappa shape index (κ1) is 15.9. The lowest BCUT2D eigenvalue weighted by Crippen LogP contribution is -2.26. The van der Waals surface area contributed by atoms with Crippen molar-refractivity contribution in [1.29, 1.82) is 0 Å². The number of anilines is 1. The number of carbonyl (C=O) groups is 1. The highest BCUT2D eigenvalue weighted by Crippen LogP contribution is 2.42. The van der Waals surface area contributed by atoms with Crippen molar-refractivity contribution in [2.45, 2.75) is 65.2 Å². The Morgan fingerprint density at radius 1 is 1.00 bits per heavy atom. The van der Waals surface area contributed by atoms with Crippen molar-refractivity contribution in [2.75, 3.05) is 11.4 Å². The third kappa shape index (κ3) is 3.07. The van der Waals surface area contributed by atoms with Gasteiger partial charge in [-0.15, -0.1) is 0 Å². The van der Waals surface area contributed by atoms with E-state index in [9.17, 15) is 9.90 Å². The molecular formula is C18H27NO2. The molecule has 0 aromatic heterocycles. The zero-order chi connectivity index (χ0) is 16.0. The maximum atomic E-state index is 12.0. The average molecular weight is 289 g/mol. The number of carbonyl (C=O) groups excluding carboxylic acids is 1. The smallest absolute Gasteiger partial charge is 0.227 e. The minimum atomic E-state index is -0.164. The number of aromatic hydroxyl groups is 1. The quantitative estimate of drug-likeness (QED) is 0.845. The predicted molar refractivity (Wildman–Crippen MR) is 87.1 cm³/mol. The third-order valence-electron chi connectivity index (χ3n) is 4.10. The second kappa shape index (κ2) is 5.04. The van der Waals surface area contributed by atoms with Gasteiger partial charge in [0.05, 0.1) is 0 Å². The van der Waals surface area contributed by atoms with E-state index in [1.807, 2.05) is 17.0 Å². The molecule has 1 aliphatic rings. The van der Waals surface area contributed by atoms with Gasteiger partial charge in [0.2, 0.25) is 5.91 Å². The molecule has 0 aliphatic carbocycles. The van der Waals surface area contributed by atoms with E-state index in [0.29, 0.717) is 12.2 Å². The normalized spacial score (nSPS) is 16.7. The molecule has 0 bridgehead atoms. The molecule has 21 heavy (non-hydrogen) atoms. The van der Waals surface area contributed by atoms with Gasteiger partial charge in [-0.3, -0.25) is 4.79 Å². The summed E-state index contributed by atoms with van der Waals surface area (Å²) >= 11 is 0. The Morgan fingerprint density at radius 2 is 1.48 bits per heavy atom. The van der Waals surface area contributed by atoms with Crippen LogP contribution in [0.15, 0.2) is 12.1 Å². The molecule has 1 amide bonds. The molecule has 0 unspecified atom stereocenters. The molecule has 1 N–H and O–H groups in total. The average Bonchev–Trinajstić information content (AvgIpc) is 2.72. The summed E-state index contributed by atoms with van der Waals surface area (Å²) in [5.41, 5.74) is 2.41. The van der Waals surface area contributed by atoms with E-state index in [1.165, 1.54) is 0 Å². The van der Waals surface area contributed by atoms with Crippen LogP contribution in [-0.2, 0) is 15.6 Å². The van der Waals surface area contributed by atoms with Gasteiger partial charge in [-0.05, 0) is 29.4 Å². The third-order valence-corrected chi connectivity index (χ3v) is 4.10. The minimum Gasteiger partial charge on any atom is -0.507 e. The predicted octanol–water partition coefficient (Wildman–Crippen LogP) is 4.11. The van der Waals surface area contributed by atoms with Gasteiger partial charge in [0.1, 0.15) is 5.75 Å². The number of hydrogen-bond acceptors (Lipinski definition) is 2. The Hall–Kier alpha value is -1.51. The fourth-order valence-electron chi connectivity index (χ4n) is 2.84. The van der Waals surface area contributed by atoms with Crippen LogP contribution in [0.4, 0.5) is 5.69 Å². The Morgan fingerprint density at radius 3 is 1.81 bits per heavy atom. The van der Waals surface area contributed by atoms with E-state index in [4.69, 9.17) is 0 Å². The van der Waals surface area contributed by atoms with Crippen molar-refractivity contribution in [2.24, 2.45) is 0 Å². The number of hydrogen-bond donors (Lipinski definition) is 1. The van der Waals surface area contributed by atoms with Crippen LogP contribution in [0, 0.1) is 0 Å². The molecule has 1 aromatic rings. The second-order valence-electron chi connectivity index (χ2n) is 8.04. The highest BCUT2D eigenvalue weighted by molar-refractivity contribution is 5.95. The summed E-state index contributed by atoms with van der Waals surface area (Å²) in [5.74, 6) is 0.547. The van der Waals surface area contributed by atoms with E-state index < -0.39 is 0 Å². The molecule has 1 saturated heterocycles. The summed E-state index contributed by atoms with van der Waals surface area (Å²) < 4.78 is 0. The van der Waals surface area contributed by atoms with Crippen LogP contribution in [-0.4, -0.2) is 17.6 Å². The van der Waals surface area contributed by atoms with Crippen molar-refractivity contribution in [1.82, 2.24) is 0 Å². The van der Waals surface area contributed by atoms with Crippen LogP contribution in [0.1, 0.15) is 65.5 Å². The largest absolute Gasteiger partial charge is 0.507 e. The van der Waals surface area contributed by atoms with Crippen LogP contribution >= 0.6 is 0 Å². The highest BCUT2D eigenvalue weighted by atomic mass is 16.3. The first-order valence-electron chi connectivity index (χ1n) is 7.70. The molecule has 0 spiro atoms. The standard InChI is InChI=1S/C18H27NO2/c1-17(2,3)13-10-12(19-9-7-8-15(19)20)11-14(16(13)21)18(4,5)6/h10-11,21H,7-9H2,1-6H3. The van der Waals surface area contributed by atoms with Crippen LogP contribution < -0.4 is 4.90 Å². The molecule has 2 rings (SSSR count). The van der Waals surface area contributed by atoms with Crippen LogP contribution in [0.2, 0.25) is 0 Å². The fourth-order valence-corrected chi connectivity index (χ4v) is 2.84. The lowest BCUT2D eigenvalue weighted by molar-refractivity contribution is -0.117. The Labute approximate surface area is 128 Å². The van der Waals surface area contributed by atoms with Crippen molar-refractivity contribution >= 4 is 11.6 Å². The second-order valence-corrected chi connectivity index (χ2v) is 8.04. The van der Waals surface area contributed by atoms with Gasteiger partial charge < -0.3 is 10.0 Å². The van der Waals surface area contributed by atoms with Crippen molar-refractivity contribution < 1.29 is 9.90 Å². The number of rotatable bonds is 1. The van der Waals surface area contributed by atoms with E-state index >= 15 is 0 Å². The van der Waals surface area contributed by atoms with Gasteiger partial charge in [-0.1, -0.05) is 41.5 Å². The van der Waals surface area contributed by atoms with E-state index in [-0.39, 0.29) is 16.7 Å². The molecular weight excluding hydrogens is 262 g/mol. The van der Waals surface area contributed by atoms with Crippen molar-refractivity contribution in [3.8, 4) is 5.75 Å². The van der Waals surface area contributed by atoms with Crippen molar-refractivity contribution in [3.05, 3.63) is 23.3 Å². The lowest BCUT2D eigenvalue weighted by atomic mass is 9.79. The zero-order valence-corrected chi connectivity index (χ0v) is 14.1. The summed E-state index contributed by atoms with van der Waals surface area (Å²) in [6.07, 6.45) is 1.53. The van der Waals surface area contributed by atoms with Gasteiger partial charge >= 0.3 is 0 Å². The van der Waals surface area contributed by atoms with Gasteiger partial charge in [0.15, 0.2) is 0 Å². The Kier molecular flexibility index (Phi) is 3.81. The summed E-state index contributed by atoms with van der Waals surface area (Å²) in [5, 5.41) is 10.7. The molecule has 1 fully saturated rings. The fraction of sp³-hybridized carbons (Fsp3) is 0.611. The maximum absolute atomic E-state index is 12.0. The number of phenolic OH excluding ortho intramolecular Hbond substituents is 1. The first-order chi connectivity index (χ1) is 9.51. The molecule has 0 radical (unpaired) electrons.